The van der Waals surface area contributed by atoms with Crippen LogP contribution in [-0.4, -0.2) is 51.1 Å². The molecule has 1 fully saturated rings. The van der Waals surface area contributed by atoms with E-state index in [1.807, 2.05) is 6.92 Å². The van der Waals surface area contributed by atoms with Gasteiger partial charge in [-0.3, -0.25) is 4.79 Å². The van der Waals surface area contributed by atoms with E-state index < -0.39 is 0 Å². The zero-order chi connectivity index (χ0) is 13.7. The molecule has 1 atom stereocenters. The number of hydrogen-bond acceptors (Lipinski definition) is 5. The maximum absolute atomic E-state index is 12.0. The second-order valence-electron chi connectivity index (χ2n) is 5.14. The lowest BCUT2D eigenvalue weighted by molar-refractivity contribution is -0.123. The monoisotopic (exact) mass is 266 g/mol. The molecule has 7 nitrogen and oxygen atoms in total. The second-order valence-corrected chi connectivity index (χ2v) is 5.14. The Morgan fingerprint density at radius 2 is 2.26 bits per heavy atom. The van der Waals surface area contributed by atoms with Crippen molar-refractivity contribution in [2.75, 3.05) is 19.6 Å². The average Bonchev–Trinajstić information content (AvgIpc) is 2.93. The van der Waals surface area contributed by atoms with Gasteiger partial charge in [-0.1, -0.05) is 12.1 Å². The van der Waals surface area contributed by atoms with E-state index >= 15 is 0 Å². The first kappa shape index (κ1) is 13.9. The lowest BCUT2D eigenvalue weighted by Crippen LogP contribution is -2.36. The summed E-state index contributed by atoms with van der Waals surface area (Å²) in [6, 6.07) is -0.193. The van der Waals surface area contributed by atoms with Crippen LogP contribution in [0.4, 0.5) is 0 Å². The van der Waals surface area contributed by atoms with Crippen molar-refractivity contribution in [1.29, 1.82) is 0 Å². The fourth-order valence-electron chi connectivity index (χ4n) is 2.49. The van der Waals surface area contributed by atoms with Crippen molar-refractivity contribution in [2.45, 2.75) is 39.2 Å². The number of likely N-dealkylation sites (tertiary alicyclic amines) is 1. The van der Waals surface area contributed by atoms with Gasteiger partial charge in [0, 0.05) is 6.42 Å². The van der Waals surface area contributed by atoms with Crippen molar-refractivity contribution in [3.05, 3.63) is 5.82 Å². The Morgan fingerprint density at radius 3 is 2.84 bits per heavy atom. The highest BCUT2D eigenvalue weighted by molar-refractivity contribution is 5.76. The highest BCUT2D eigenvalue weighted by Gasteiger charge is 2.22. The Balaban J connectivity index is 1.73. The normalized spacial score (nSPS) is 19.3. The summed E-state index contributed by atoms with van der Waals surface area (Å²) in [4.78, 5) is 14.4. The number of carbonyl (C=O) groups excluding carboxylic acids is 1. The van der Waals surface area contributed by atoms with Gasteiger partial charge in [-0.05, 0) is 45.3 Å². The summed E-state index contributed by atoms with van der Waals surface area (Å²) in [7, 11) is 0. The Kier molecular flexibility index (Phi) is 4.84. The maximum Gasteiger partial charge on any atom is 0.220 e. The molecular weight excluding hydrogens is 244 g/mol. The van der Waals surface area contributed by atoms with Crippen LogP contribution in [0.25, 0.3) is 0 Å². The smallest absolute Gasteiger partial charge is 0.220 e. The first-order chi connectivity index (χ1) is 9.19. The van der Waals surface area contributed by atoms with Crippen molar-refractivity contribution in [1.82, 2.24) is 30.8 Å². The lowest BCUT2D eigenvalue weighted by Gasteiger charge is -2.30. The van der Waals surface area contributed by atoms with Gasteiger partial charge < -0.3 is 10.2 Å². The molecule has 2 rings (SSSR count). The number of tetrazole rings is 1. The number of aromatic nitrogens is 4. The molecule has 0 saturated carbocycles. The molecule has 0 bridgehead atoms. The van der Waals surface area contributed by atoms with Crippen molar-refractivity contribution in [3.63, 3.8) is 0 Å². The van der Waals surface area contributed by atoms with Crippen LogP contribution in [0.15, 0.2) is 0 Å². The van der Waals surface area contributed by atoms with Gasteiger partial charge in [-0.25, -0.2) is 0 Å². The molecule has 0 aliphatic carbocycles. The first-order valence-electron chi connectivity index (χ1n) is 6.94. The molecule has 1 amide bonds. The summed E-state index contributed by atoms with van der Waals surface area (Å²) in [5.74, 6) is 1.10. The number of aromatic amines is 1. The number of nitrogens with zero attached hydrogens (tertiary/aromatic N) is 4. The van der Waals surface area contributed by atoms with Crippen molar-refractivity contribution >= 4 is 5.91 Å². The first-order valence-corrected chi connectivity index (χ1v) is 6.94. The van der Waals surface area contributed by atoms with Gasteiger partial charge in [0.1, 0.15) is 0 Å². The van der Waals surface area contributed by atoms with Gasteiger partial charge in [-0.2, -0.15) is 5.21 Å². The molecule has 1 aliphatic rings. The highest BCUT2D eigenvalue weighted by atomic mass is 16.1. The van der Waals surface area contributed by atoms with Crippen LogP contribution in [0.3, 0.4) is 0 Å². The maximum atomic E-state index is 12.0. The third-order valence-electron chi connectivity index (χ3n) is 3.75. The van der Waals surface area contributed by atoms with E-state index in [0.29, 0.717) is 18.2 Å². The number of H-pyrrole nitrogens is 1. The van der Waals surface area contributed by atoms with E-state index in [2.05, 4.69) is 37.8 Å². The third-order valence-corrected chi connectivity index (χ3v) is 3.75. The minimum atomic E-state index is -0.193. The molecule has 2 N–H and O–H groups in total. The molecule has 0 unspecified atom stereocenters. The van der Waals surface area contributed by atoms with Crippen LogP contribution < -0.4 is 5.32 Å². The molecule has 19 heavy (non-hydrogen) atoms. The predicted molar refractivity (Wildman–Crippen MR) is 70.2 cm³/mol. The van der Waals surface area contributed by atoms with E-state index in [4.69, 9.17) is 0 Å². The summed E-state index contributed by atoms with van der Waals surface area (Å²) in [5.41, 5.74) is 0. The number of amides is 1. The number of nitrogens with one attached hydrogen (secondary N) is 2. The quantitative estimate of drug-likeness (QED) is 0.810. The summed E-state index contributed by atoms with van der Waals surface area (Å²) in [6.45, 7) is 7.36. The number of piperidine rings is 1. The van der Waals surface area contributed by atoms with Gasteiger partial charge in [-0.15, -0.1) is 10.2 Å². The molecule has 1 aliphatic heterocycles. The second kappa shape index (κ2) is 6.60. The van der Waals surface area contributed by atoms with E-state index in [9.17, 15) is 4.79 Å². The average molecular weight is 266 g/mol. The van der Waals surface area contributed by atoms with Crippen LogP contribution in [0.2, 0.25) is 0 Å². The van der Waals surface area contributed by atoms with Crippen molar-refractivity contribution < 1.29 is 4.79 Å². The Hall–Kier alpha value is -1.50. The molecule has 2 heterocycles. The SMILES string of the molecule is CCN1CCC(CC(=O)N[C@@H](C)c2nn[nH]n2)CC1. The molecule has 0 radical (unpaired) electrons. The lowest BCUT2D eigenvalue weighted by atomic mass is 9.93. The molecule has 0 spiro atoms. The Bertz CT molecular complexity index is 385. The Morgan fingerprint density at radius 1 is 1.53 bits per heavy atom. The standard InChI is InChI=1S/C12H22N6O/c1-3-18-6-4-10(5-7-18)8-11(19)13-9(2)12-14-16-17-15-12/h9-10H,3-8H2,1-2H3,(H,13,19)(H,14,15,16,17)/t9-/m0/s1. The zero-order valence-corrected chi connectivity index (χ0v) is 11.6. The topological polar surface area (TPSA) is 86.8 Å². The summed E-state index contributed by atoms with van der Waals surface area (Å²) in [6.07, 6.45) is 2.81. The molecule has 7 heteroatoms. The molecule has 1 aromatic rings. The summed E-state index contributed by atoms with van der Waals surface area (Å²) in [5, 5.41) is 16.5. The van der Waals surface area contributed by atoms with E-state index in [-0.39, 0.29) is 11.9 Å². The zero-order valence-electron chi connectivity index (χ0n) is 11.6. The number of carbonyl (C=O) groups is 1. The van der Waals surface area contributed by atoms with Gasteiger partial charge in [0.05, 0.1) is 6.04 Å². The summed E-state index contributed by atoms with van der Waals surface area (Å²) < 4.78 is 0. The van der Waals surface area contributed by atoms with Crippen LogP contribution in [-0.2, 0) is 4.79 Å². The van der Waals surface area contributed by atoms with Gasteiger partial charge in [0.15, 0.2) is 5.82 Å². The van der Waals surface area contributed by atoms with Crippen LogP contribution in [0.5, 0.6) is 0 Å². The van der Waals surface area contributed by atoms with Crippen LogP contribution in [0, 0.1) is 5.92 Å². The van der Waals surface area contributed by atoms with E-state index in [1.165, 1.54) is 0 Å². The molecule has 1 aromatic heterocycles. The van der Waals surface area contributed by atoms with Crippen LogP contribution >= 0.6 is 0 Å². The van der Waals surface area contributed by atoms with E-state index in [1.54, 1.807) is 0 Å². The Labute approximate surface area is 113 Å². The fourth-order valence-corrected chi connectivity index (χ4v) is 2.49. The third kappa shape index (κ3) is 3.99. The van der Waals surface area contributed by atoms with Gasteiger partial charge >= 0.3 is 0 Å². The van der Waals surface area contributed by atoms with Crippen LogP contribution in [0.1, 0.15) is 45.0 Å². The highest BCUT2D eigenvalue weighted by Crippen LogP contribution is 2.20. The minimum absolute atomic E-state index is 0.0762. The van der Waals surface area contributed by atoms with Crippen molar-refractivity contribution in [3.8, 4) is 0 Å². The molecule has 106 valence electrons. The number of hydrogen-bond donors (Lipinski definition) is 2. The molecular formula is C12H22N6O. The number of rotatable bonds is 5. The summed E-state index contributed by atoms with van der Waals surface area (Å²) >= 11 is 0. The van der Waals surface area contributed by atoms with Gasteiger partial charge in [0.2, 0.25) is 5.91 Å². The molecule has 1 saturated heterocycles. The van der Waals surface area contributed by atoms with Gasteiger partial charge in [0.25, 0.3) is 0 Å². The minimum Gasteiger partial charge on any atom is -0.346 e. The fraction of sp³-hybridized carbons (Fsp3) is 0.833. The largest absolute Gasteiger partial charge is 0.346 e. The molecule has 0 aromatic carbocycles. The van der Waals surface area contributed by atoms with Crippen molar-refractivity contribution in [2.24, 2.45) is 5.92 Å². The predicted octanol–water partition coefficient (Wildman–Crippen LogP) is 0.499. The van der Waals surface area contributed by atoms with E-state index in [0.717, 1.165) is 32.5 Å².